The van der Waals surface area contributed by atoms with Crippen LogP contribution < -0.4 is 5.32 Å². The highest BCUT2D eigenvalue weighted by Crippen LogP contribution is 2.29. The van der Waals surface area contributed by atoms with Gasteiger partial charge in [-0.2, -0.15) is 0 Å². The first kappa shape index (κ1) is 10.5. The summed E-state index contributed by atoms with van der Waals surface area (Å²) in [5, 5.41) is 2.94. The van der Waals surface area contributed by atoms with Crippen molar-refractivity contribution in [1.29, 1.82) is 0 Å². The molecule has 1 aliphatic heterocycles. The average molecular weight is 215 g/mol. The number of halogens is 3. The molecule has 2 atom stereocenters. The van der Waals surface area contributed by atoms with E-state index in [0.717, 1.165) is 19.0 Å². The Morgan fingerprint density at radius 2 is 2.13 bits per heavy atom. The fourth-order valence-electron chi connectivity index (χ4n) is 1.91. The molecule has 4 heteroatoms. The minimum Gasteiger partial charge on any atom is -0.311 e. The molecule has 1 saturated heterocycles. The van der Waals surface area contributed by atoms with E-state index in [2.05, 4.69) is 5.32 Å². The fraction of sp³-hybridized carbons (Fsp3) is 0.455. The van der Waals surface area contributed by atoms with Gasteiger partial charge in [-0.15, -0.1) is 0 Å². The molecule has 1 aliphatic rings. The maximum absolute atomic E-state index is 13.8. The fourth-order valence-corrected chi connectivity index (χ4v) is 1.91. The van der Waals surface area contributed by atoms with Crippen LogP contribution in [0.1, 0.15) is 24.6 Å². The monoisotopic (exact) mass is 215 g/mol. The molecule has 2 unspecified atom stereocenters. The van der Waals surface area contributed by atoms with Crippen LogP contribution in [0, 0.1) is 11.6 Å². The van der Waals surface area contributed by atoms with Gasteiger partial charge in [-0.25, -0.2) is 13.2 Å². The number of hydrogen-bond donors (Lipinski definition) is 1. The smallest absolute Gasteiger partial charge is 0.164 e. The van der Waals surface area contributed by atoms with Crippen molar-refractivity contribution in [3.63, 3.8) is 0 Å². The molecule has 1 heterocycles. The van der Waals surface area contributed by atoms with Crippen LogP contribution in [0.5, 0.6) is 0 Å². The predicted octanol–water partition coefficient (Wildman–Crippen LogP) is 2.73. The lowest BCUT2D eigenvalue weighted by molar-refractivity contribution is 0.261. The highest BCUT2D eigenvalue weighted by atomic mass is 19.2. The van der Waals surface area contributed by atoms with Gasteiger partial charge in [0.2, 0.25) is 0 Å². The van der Waals surface area contributed by atoms with E-state index in [9.17, 15) is 13.2 Å². The van der Waals surface area contributed by atoms with E-state index in [1.807, 2.05) is 0 Å². The van der Waals surface area contributed by atoms with Gasteiger partial charge in [0.25, 0.3) is 0 Å². The van der Waals surface area contributed by atoms with E-state index in [4.69, 9.17) is 0 Å². The van der Waals surface area contributed by atoms with Crippen LogP contribution in [-0.2, 0) is 0 Å². The van der Waals surface area contributed by atoms with Gasteiger partial charge in [-0.1, -0.05) is 12.1 Å². The van der Waals surface area contributed by atoms with Crippen molar-refractivity contribution in [2.45, 2.75) is 25.1 Å². The molecule has 15 heavy (non-hydrogen) atoms. The minimum absolute atomic E-state index is 0.186. The summed E-state index contributed by atoms with van der Waals surface area (Å²) >= 11 is 0. The third kappa shape index (κ3) is 2.00. The Balaban J connectivity index is 2.24. The molecule has 1 fully saturated rings. The van der Waals surface area contributed by atoms with Gasteiger partial charge in [0.1, 0.15) is 6.17 Å². The normalized spacial score (nSPS) is 23.0. The average Bonchev–Trinajstić information content (AvgIpc) is 2.74. The topological polar surface area (TPSA) is 12.0 Å². The van der Waals surface area contributed by atoms with E-state index in [0.29, 0.717) is 6.42 Å². The molecule has 0 saturated carbocycles. The van der Waals surface area contributed by atoms with Crippen LogP contribution in [0.4, 0.5) is 13.2 Å². The lowest BCUT2D eigenvalue weighted by Crippen LogP contribution is -2.27. The number of nitrogens with one attached hydrogen (secondary N) is 1. The quantitative estimate of drug-likeness (QED) is 0.799. The molecule has 1 aromatic carbocycles. The number of benzene rings is 1. The number of rotatable bonds is 2. The van der Waals surface area contributed by atoms with E-state index in [1.54, 1.807) is 0 Å². The molecule has 0 spiro atoms. The van der Waals surface area contributed by atoms with Crippen molar-refractivity contribution in [1.82, 2.24) is 5.32 Å². The summed E-state index contributed by atoms with van der Waals surface area (Å²) in [5.41, 5.74) is -0.186. The van der Waals surface area contributed by atoms with Crippen molar-refractivity contribution < 1.29 is 13.2 Å². The van der Waals surface area contributed by atoms with E-state index < -0.39 is 17.8 Å². The number of hydrogen-bond acceptors (Lipinski definition) is 1. The lowest BCUT2D eigenvalue weighted by atomic mass is 10.0. The van der Waals surface area contributed by atoms with E-state index in [-0.39, 0.29) is 11.6 Å². The highest BCUT2D eigenvalue weighted by Gasteiger charge is 2.28. The Morgan fingerprint density at radius 3 is 2.80 bits per heavy atom. The van der Waals surface area contributed by atoms with Crippen LogP contribution in [0.25, 0.3) is 0 Å². The summed E-state index contributed by atoms with van der Waals surface area (Å²) < 4.78 is 39.9. The molecule has 0 amide bonds. The molecule has 82 valence electrons. The van der Waals surface area contributed by atoms with Crippen molar-refractivity contribution in [2.75, 3.05) is 6.54 Å². The molecular weight excluding hydrogens is 203 g/mol. The van der Waals surface area contributed by atoms with Crippen molar-refractivity contribution in [3.8, 4) is 0 Å². The Kier molecular flexibility index (Phi) is 2.95. The first-order valence-electron chi connectivity index (χ1n) is 5.01. The third-order valence-corrected chi connectivity index (χ3v) is 2.73. The van der Waals surface area contributed by atoms with E-state index >= 15 is 0 Å². The van der Waals surface area contributed by atoms with E-state index in [1.165, 1.54) is 12.1 Å². The zero-order valence-corrected chi connectivity index (χ0v) is 8.14. The third-order valence-electron chi connectivity index (χ3n) is 2.73. The molecule has 1 aromatic rings. The van der Waals surface area contributed by atoms with Crippen molar-refractivity contribution in [3.05, 3.63) is 35.4 Å². The predicted molar refractivity (Wildman–Crippen MR) is 51.2 cm³/mol. The highest BCUT2D eigenvalue weighted by molar-refractivity contribution is 5.23. The first-order valence-corrected chi connectivity index (χ1v) is 5.01. The summed E-state index contributed by atoms with van der Waals surface area (Å²) in [5.74, 6) is -2.06. The van der Waals surface area contributed by atoms with Crippen LogP contribution >= 0.6 is 0 Å². The summed E-state index contributed by atoms with van der Waals surface area (Å²) in [6.45, 7) is 0.738. The van der Waals surface area contributed by atoms with Gasteiger partial charge in [0, 0.05) is 11.6 Å². The second-order valence-corrected chi connectivity index (χ2v) is 3.75. The van der Waals surface area contributed by atoms with Crippen molar-refractivity contribution >= 4 is 0 Å². The second-order valence-electron chi connectivity index (χ2n) is 3.75. The zero-order valence-electron chi connectivity index (χ0n) is 8.14. The molecule has 0 aliphatic carbocycles. The van der Waals surface area contributed by atoms with Crippen LogP contribution in [0.3, 0.4) is 0 Å². The molecule has 1 N–H and O–H groups in total. The summed E-state index contributed by atoms with van der Waals surface area (Å²) in [4.78, 5) is 0. The van der Waals surface area contributed by atoms with Gasteiger partial charge < -0.3 is 5.32 Å². The second kappa shape index (κ2) is 4.23. The van der Waals surface area contributed by atoms with Crippen LogP contribution in [0.2, 0.25) is 0 Å². The van der Waals surface area contributed by atoms with Gasteiger partial charge >= 0.3 is 0 Å². The summed E-state index contributed by atoms with van der Waals surface area (Å²) in [6, 6.07) is 3.23. The van der Waals surface area contributed by atoms with Crippen molar-refractivity contribution in [2.24, 2.45) is 0 Å². The molecule has 0 radical (unpaired) electrons. The van der Waals surface area contributed by atoms with Crippen LogP contribution in [-0.4, -0.2) is 12.6 Å². The molecule has 1 nitrogen and oxygen atoms in total. The lowest BCUT2D eigenvalue weighted by Gasteiger charge is -2.16. The minimum atomic E-state index is -1.47. The molecule has 2 rings (SSSR count). The molecule has 0 bridgehead atoms. The van der Waals surface area contributed by atoms with Gasteiger partial charge in [0.05, 0.1) is 0 Å². The standard InChI is InChI=1S/C11H12F3N/c12-8-4-1-3-7(10(8)13)11(14)9-5-2-6-15-9/h1,3-4,9,11,15H,2,5-6H2. The summed E-state index contributed by atoms with van der Waals surface area (Å²) in [7, 11) is 0. The van der Waals surface area contributed by atoms with Gasteiger partial charge in [-0.3, -0.25) is 0 Å². The van der Waals surface area contributed by atoms with Gasteiger partial charge in [0.15, 0.2) is 11.6 Å². The maximum Gasteiger partial charge on any atom is 0.164 e. The zero-order chi connectivity index (χ0) is 10.8. The van der Waals surface area contributed by atoms with Crippen LogP contribution in [0.15, 0.2) is 18.2 Å². The van der Waals surface area contributed by atoms with Gasteiger partial charge in [-0.05, 0) is 25.5 Å². The number of alkyl halides is 1. The Labute approximate surface area is 86.3 Å². The molecular formula is C11H12F3N. The largest absolute Gasteiger partial charge is 0.311 e. The maximum atomic E-state index is 13.8. The SMILES string of the molecule is Fc1cccc(C(F)C2CCCN2)c1F. The Hall–Kier alpha value is -1.03. The Morgan fingerprint density at radius 1 is 1.33 bits per heavy atom. The summed E-state index contributed by atoms with van der Waals surface area (Å²) in [6.07, 6.45) is 0.0716. The first-order chi connectivity index (χ1) is 7.20. The Bertz CT molecular complexity index is 348. The molecule has 0 aromatic heterocycles.